The van der Waals surface area contributed by atoms with E-state index < -0.39 is 5.92 Å². The first-order valence-electron chi connectivity index (χ1n) is 6.50. The molecule has 5 nitrogen and oxygen atoms in total. The molecule has 1 aromatic rings. The third-order valence-electron chi connectivity index (χ3n) is 3.62. The highest BCUT2D eigenvalue weighted by Crippen LogP contribution is 2.31. The number of methoxy groups -OCH3 is 1. The first-order chi connectivity index (χ1) is 9.27. The highest BCUT2D eigenvalue weighted by Gasteiger charge is 2.36. The van der Waals surface area contributed by atoms with Crippen LogP contribution in [0.4, 0.5) is 0 Å². The fourth-order valence-corrected chi connectivity index (χ4v) is 2.68. The molecule has 0 radical (unpaired) electrons. The molecule has 2 atom stereocenters. The number of carbonyl (C=O) groups excluding carboxylic acids is 1. The summed E-state index contributed by atoms with van der Waals surface area (Å²) in [5.74, 6) is -0.768. The van der Waals surface area contributed by atoms with Crippen molar-refractivity contribution in [2.24, 2.45) is 5.29 Å². The van der Waals surface area contributed by atoms with Crippen molar-refractivity contribution >= 4 is 5.97 Å². The molecule has 0 spiro atoms. The maximum atomic E-state index is 12.1. The van der Waals surface area contributed by atoms with E-state index in [1.165, 1.54) is 12.1 Å². The molecule has 0 amide bonds. The lowest BCUT2D eigenvalue weighted by Gasteiger charge is -2.35. The second kappa shape index (κ2) is 6.31. The van der Waals surface area contributed by atoms with Crippen LogP contribution in [0.25, 0.3) is 0 Å². The molecule has 2 rings (SSSR count). The summed E-state index contributed by atoms with van der Waals surface area (Å²) in [5, 5.41) is 4.55. The Morgan fingerprint density at radius 3 is 2.74 bits per heavy atom. The van der Waals surface area contributed by atoms with Crippen molar-refractivity contribution in [3.05, 3.63) is 40.8 Å². The Hall–Kier alpha value is -1.91. The molecule has 1 aliphatic heterocycles. The van der Waals surface area contributed by atoms with Gasteiger partial charge in [-0.3, -0.25) is 9.80 Å². The molecule has 102 valence electrons. The van der Waals surface area contributed by atoms with Gasteiger partial charge in [-0.05, 0) is 24.8 Å². The predicted octanol–water partition coefficient (Wildman–Crippen LogP) is 2.48. The number of ether oxygens (including phenoxy) is 1. The van der Waals surface area contributed by atoms with Gasteiger partial charge in [0.05, 0.1) is 18.4 Å². The summed E-state index contributed by atoms with van der Waals surface area (Å²) in [6.07, 6.45) is 2.71. The van der Waals surface area contributed by atoms with E-state index >= 15 is 0 Å². The van der Waals surface area contributed by atoms with Gasteiger partial charge in [0.25, 0.3) is 0 Å². The first-order valence-corrected chi connectivity index (χ1v) is 6.50. The number of nitrogens with zero attached hydrogens (tertiary/aromatic N) is 2. The maximum absolute atomic E-state index is 12.1. The molecule has 1 fully saturated rings. The van der Waals surface area contributed by atoms with Gasteiger partial charge in [0.2, 0.25) is 0 Å². The fourth-order valence-electron chi connectivity index (χ4n) is 2.68. The Bertz CT molecular complexity index is 436. The zero-order chi connectivity index (χ0) is 13.7. The number of esters is 1. The summed E-state index contributed by atoms with van der Waals surface area (Å²) >= 11 is 0. The standard InChI is InChI=1S/C14H18N2O3/c1-19-14(17)13(11-7-3-2-4-8-11)12-9-5-6-10-16(12)15-18/h2-4,7-8,12-13H,5-6,9-10H2,1H3/t12-,13+/m1/s1. The summed E-state index contributed by atoms with van der Waals surface area (Å²) in [6, 6.07) is 9.23. The van der Waals surface area contributed by atoms with Crippen LogP contribution in [0.3, 0.4) is 0 Å². The molecule has 0 saturated carbocycles. The van der Waals surface area contributed by atoms with Crippen LogP contribution in [-0.4, -0.2) is 30.7 Å². The number of rotatable bonds is 4. The van der Waals surface area contributed by atoms with Crippen LogP contribution >= 0.6 is 0 Å². The predicted molar refractivity (Wildman–Crippen MR) is 71.3 cm³/mol. The second-order valence-electron chi connectivity index (χ2n) is 4.72. The molecular formula is C14H18N2O3. The van der Waals surface area contributed by atoms with Crippen molar-refractivity contribution in [2.75, 3.05) is 13.7 Å². The van der Waals surface area contributed by atoms with Crippen molar-refractivity contribution in [3.63, 3.8) is 0 Å². The van der Waals surface area contributed by atoms with Crippen molar-refractivity contribution in [1.82, 2.24) is 5.01 Å². The number of piperidine rings is 1. The molecule has 1 aliphatic rings. The van der Waals surface area contributed by atoms with Gasteiger partial charge in [0, 0.05) is 6.54 Å². The molecule has 1 heterocycles. The molecule has 0 aromatic heterocycles. The number of carbonyl (C=O) groups is 1. The van der Waals surface area contributed by atoms with Crippen molar-refractivity contribution in [1.29, 1.82) is 0 Å². The molecule has 0 N–H and O–H groups in total. The molecule has 1 aromatic carbocycles. The van der Waals surface area contributed by atoms with Gasteiger partial charge >= 0.3 is 5.97 Å². The lowest BCUT2D eigenvalue weighted by Crippen LogP contribution is -2.42. The number of hydrogen-bond donors (Lipinski definition) is 0. The summed E-state index contributed by atoms with van der Waals surface area (Å²) < 4.78 is 4.90. The van der Waals surface area contributed by atoms with E-state index in [0.717, 1.165) is 24.8 Å². The summed E-state index contributed by atoms with van der Waals surface area (Å²) in [4.78, 5) is 23.0. The number of nitroso groups, excluding NO2 is 1. The van der Waals surface area contributed by atoms with Gasteiger partial charge in [-0.2, -0.15) is 0 Å². The van der Waals surface area contributed by atoms with Gasteiger partial charge in [0.1, 0.15) is 5.92 Å². The minimum Gasteiger partial charge on any atom is -0.468 e. The van der Waals surface area contributed by atoms with Crippen LogP contribution in [0.2, 0.25) is 0 Å². The first kappa shape index (κ1) is 13.5. The summed E-state index contributed by atoms with van der Waals surface area (Å²) in [7, 11) is 1.37. The minimum absolute atomic E-state index is 0.207. The normalized spacial score (nSPS) is 20.7. The second-order valence-corrected chi connectivity index (χ2v) is 4.72. The fraction of sp³-hybridized carbons (Fsp3) is 0.500. The van der Waals surface area contributed by atoms with E-state index in [-0.39, 0.29) is 12.0 Å². The SMILES string of the molecule is COC(=O)[C@@H](c1ccccc1)[C@H]1CCCCN1N=O. The van der Waals surface area contributed by atoms with Gasteiger partial charge < -0.3 is 4.74 Å². The molecule has 1 saturated heterocycles. The topological polar surface area (TPSA) is 59.0 Å². The zero-order valence-electron chi connectivity index (χ0n) is 11.0. The van der Waals surface area contributed by atoms with Gasteiger partial charge in [0.15, 0.2) is 0 Å². The van der Waals surface area contributed by atoms with Crippen molar-refractivity contribution in [2.45, 2.75) is 31.2 Å². The molecule has 0 bridgehead atoms. The van der Waals surface area contributed by atoms with Gasteiger partial charge in [-0.15, -0.1) is 4.91 Å². The Morgan fingerprint density at radius 2 is 2.11 bits per heavy atom. The number of hydrogen-bond acceptors (Lipinski definition) is 4. The van der Waals surface area contributed by atoms with Crippen molar-refractivity contribution in [3.8, 4) is 0 Å². The van der Waals surface area contributed by atoms with E-state index in [0.29, 0.717) is 6.54 Å². The Balaban J connectivity index is 2.31. The van der Waals surface area contributed by atoms with E-state index in [4.69, 9.17) is 4.74 Å². The minimum atomic E-state index is -0.454. The molecule has 0 unspecified atom stereocenters. The van der Waals surface area contributed by atoms with Crippen LogP contribution < -0.4 is 0 Å². The molecule has 19 heavy (non-hydrogen) atoms. The van der Waals surface area contributed by atoms with Crippen LogP contribution in [-0.2, 0) is 9.53 Å². The highest BCUT2D eigenvalue weighted by molar-refractivity contribution is 5.79. The number of benzene rings is 1. The molecular weight excluding hydrogens is 244 g/mol. The smallest absolute Gasteiger partial charge is 0.315 e. The zero-order valence-corrected chi connectivity index (χ0v) is 11.0. The third kappa shape index (κ3) is 2.92. The quantitative estimate of drug-likeness (QED) is 0.618. The largest absolute Gasteiger partial charge is 0.468 e. The van der Waals surface area contributed by atoms with Crippen LogP contribution in [0.1, 0.15) is 30.7 Å². The van der Waals surface area contributed by atoms with Gasteiger partial charge in [-0.1, -0.05) is 30.3 Å². The van der Waals surface area contributed by atoms with Crippen molar-refractivity contribution < 1.29 is 9.53 Å². The summed E-state index contributed by atoms with van der Waals surface area (Å²) in [6.45, 7) is 0.606. The molecule has 0 aliphatic carbocycles. The molecule has 5 heteroatoms. The monoisotopic (exact) mass is 262 g/mol. The summed E-state index contributed by atoms with van der Waals surface area (Å²) in [5.41, 5.74) is 0.870. The van der Waals surface area contributed by atoms with Crippen LogP contribution in [0.15, 0.2) is 35.6 Å². The van der Waals surface area contributed by atoms with Crippen LogP contribution in [0, 0.1) is 4.91 Å². The lowest BCUT2D eigenvalue weighted by molar-refractivity contribution is -0.144. The van der Waals surface area contributed by atoms with Crippen LogP contribution in [0.5, 0.6) is 0 Å². The van der Waals surface area contributed by atoms with E-state index in [1.54, 1.807) is 0 Å². The Kier molecular flexibility index (Phi) is 4.49. The third-order valence-corrected chi connectivity index (χ3v) is 3.62. The van der Waals surface area contributed by atoms with E-state index in [2.05, 4.69) is 5.29 Å². The Morgan fingerprint density at radius 1 is 1.37 bits per heavy atom. The maximum Gasteiger partial charge on any atom is 0.315 e. The lowest BCUT2D eigenvalue weighted by atomic mass is 9.86. The highest BCUT2D eigenvalue weighted by atomic mass is 16.5. The average molecular weight is 262 g/mol. The van der Waals surface area contributed by atoms with E-state index in [9.17, 15) is 9.70 Å². The van der Waals surface area contributed by atoms with Gasteiger partial charge in [-0.25, -0.2) is 0 Å². The average Bonchev–Trinajstić information content (AvgIpc) is 2.49. The Labute approximate surface area is 112 Å². The van der Waals surface area contributed by atoms with E-state index in [1.807, 2.05) is 30.3 Å².